The van der Waals surface area contributed by atoms with Crippen molar-refractivity contribution in [3.05, 3.63) is 70.9 Å². The second-order valence-corrected chi connectivity index (χ2v) is 9.33. The first-order valence-corrected chi connectivity index (χ1v) is 12.0. The lowest BCUT2D eigenvalue weighted by Crippen LogP contribution is -2.29. The Labute approximate surface area is 206 Å². The monoisotopic (exact) mass is 492 g/mol. The molecule has 1 fully saturated rings. The number of aliphatic hydroxyl groups is 1. The van der Waals surface area contributed by atoms with Crippen LogP contribution in [0.4, 0.5) is 0 Å². The van der Waals surface area contributed by atoms with E-state index in [9.17, 15) is 5.11 Å². The zero-order valence-corrected chi connectivity index (χ0v) is 19.8. The lowest BCUT2D eigenvalue weighted by atomic mass is 10.1. The molecular weight excluding hydrogens is 471 g/mol. The zero-order chi connectivity index (χ0) is 23.2. The number of pyridine rings is 2. The van der Waals surface area contributed by atoms with E-state index in [1.165, 1.54) is 0 Å². The highest BCUT2D eigenvalue weighted by molar-refractivity contribution is 6.39. The smallest absolute Gasteiger partial charge is 0.147 e. The Morgan fingerprint density at radius 1 is 1.06 bits per heavy atom. The fourth-order valence-corrected chi connectivity index (χ4v) is 5.32. The van der Waals surface area contributed by atoms with Crippen molar-refractivity contribution in [3.8, 4) is 22.4 Å². The zero-order valence-electron chi connectivity index (χ0n) is 18.2. The number of imidazole rings is 1. The predicted octanol–water partition coefficient (Wildman–Crippen LogP) is 5.14. The van der Waals surface area contributed by atoms with Crippen LogP contribution in [0.3, 0.4) is 0 Å². The summed E-state index contributed by atoms with van der Waals surface area (Å²) in [6.45, 7) is 1.82. The third kappa shape index (κ3) is 3.56. The lowest BCUT2D eigenvalue weighted by Gasteiger charge is -2.22. The van der Waals surface area contributed by atoms with Crippen LogP contribution in [0.15, 0.2) is 55.1 Å². The molecule has 5 aromatic rings. The summed E-state index contributed by atoms with van der Waals surface area (Å²) in [5.74, 6) is 0. The molecule has 1 aromatic carbocycles. The summed E-state index contributed by atoms with van der Waals surface area (Å²) in [4.78, 5) is 9.57. The fourth-order valence-electron chi connectivity index (χ4n) is 4.74. The number of fused-ring (bicyclic) bond motifs is 3. The molecular formula is C25H22Cl2N6O. The van der Waals surface area contributed by atoms with Gasteiger partial charge in [0.15, 0.2) is 0 Å². The second kappa shape index (κ2) is 8.67. The van der Waals surface area contributed by atoms with Crippen LogP contribution in [0.5, 0.6) is 0 Å². The molecule has 0 spiro atoms. The molecule has 9 heteroatoms. The Bertz CT molecular complexity index is 1500. The van der Waals surface area contributed by atoms with Gasteiger partial charge in [-0.3, -0.25) is 9.67 Å². The number of hydrogen-bond acceptors (Lipinski definition) is 5. The Morgan fingerprint density at radius 2 is 1.85 bits per heavy atom. The summed E-state index contributed by atoms with van der Waals surface area (Å²) in [6, 6.07) is 9.74. The largest absolute Gasteiger partial charge is 0.390 e. The molecule has 1 aliphatic rings. The summed E-state index contributed by atoms with van der Waals surface area (Å²) in [7, 11) is 0. The maximum atomic E-state index is 10.2. The molecule has 172 valence electrons. The van der Waals surface area contributed by atoms with E-state index in [1.807, 2.05) is 29.1 Å². The molecule has 2 N–H and O–H groups in total. The van der Waals surface area contributed by atoms with Gasteiger partial charge in [-0.25, -0.2) is 4.98 Å². The summed E-state index contributed by atoms with van der Waals surface area (Å²) >= 11 is 12.9. The van der Waals surface area contributed by atoms with Crippen molar-refractivity contribution in [2.75, 3.05) is 13.1 Å². The number of aliphatic hydroxyl groups excluding tert-OH is 1. The third-order valence-corrected chi connectivity index (χ3v) is 7.15. The van der Waals surface area contributed by atoms with Gasteiger partial charge in [0.25, 0.3) is 0 Å². The summed E-state index contributed by atoms with van der Waals surface area (Å²) in [5.41, 5.74) is 5.27. The first kappa shape index (κ1) is 21.6. The van der Waals surface area contributed by atoms with Gasteiger partial charge in [-0.15, -0.1) is 0 Å². The Kier molecular flexibility index (Phi) is 5.50. The predicted molar refractivity (Wildman–Crippen MR) is 134 cm³/mol. The quantitative estimate of drug-likeness (QED) is 0.363. The number of hydrogen-bond donors (Lipinski definition) is 2. The minimum Gasteiger partial charge on any atom is -0.390 e. The second-order valence-electron chi connectivity index (χ2n) is 8.52. The van der Waals surface area contributed by atoms with Gasteiger partial charge in [0.1, 0.15) is 5.65 Å². The van der Waals surface area contributed by atoms with Crippen LogP contribution in [0.25, 0.3) is 38.9 Å². The van der Waals surface area contributed by atoms with E-state index >= 15 is 0 Å². The van der Waals surface area contributed by atoms with Crippen molar-refractivity contribution in [2.45, 2.75) is 25.5 Å². The molecule has 1 saturated heterocycles. The van der Waals surface area contributed by atoms with Crippen LogP contribution < -0.4 is 5.32 Å². The van der Waals surface area contributed by atoms with Crippen molar-refractivity contribution in [2.24, 2.45) is 0 Å². The molecule has 34 heavy (non-hydrogen) atoms. The average Bonchev–Trinajstić information content (AvgIpc) is 3.49. The van der Waals surface area contributed by atoms with E-state index in [1.54, 1.807) is 18.2 Å². The van der Waals surface area contributed by atoms with Gasteiger partial charge in [0.05, 0.1) is 45.8 Å². The highest BCUT2D eigenvalue weighted by Gasteiger charge is 2.21. The van der Waals surface area contributed by atoms with Gasteiger partial charge >= 0.3 is 0 Å². The number of piperidine rings is 1. The molecule has 6 rings (SSSR count). The van der Waals surface area contributed by atoms with Gasteiger partial charge in [-0.2, -0.15) is 5.10 Å². The van der Waals surface area contributed by atoms with Crippen molar-refractivity contribution < 1.29 is 5.11 Å². The summed E-state index contributed by atoms with van der Waals surface area (Å²) in [5, 5.41) is 20.1. The molecule has 0 unspecified atom stereocenters. The first-order chi connectivity index (χ1) is 16.6. The highest BCUT2D eigenvalue weighted by atomic mass is 35.5. The van der Waals surface area contributed by atoms with Crippen LogP contribution in [0.2, 0.25) is 10.0 Å². The van der Waals surface area contributed by atoms with Gasteiger partial charge in [0, 0.05) is 40.7 Å². The molecule has 1 aliphatic heterocycles. The molecule has 0 atom stereocenters. The lowest BCUT2D eigenvalue weighted by molar-refractivity contribution is 0.276. The van der Waals surface area contributed by atoms with Gasteiger partial charge in [0.2, 0.25) is 0 Å². The first-order valence-electron chi connectivity index (χ1n) is 11.2. The normalized spacial score (nSPS) is 14.9. The van der Waals surface area contributed by atoms with E-state index in [-0.39, 0.29) is 6.61 Å². The van der Waals surface area contributed by atoms with Crippen LogP contribution in [0, 0.1) is 0 Å². The molecule has 0 saturated carbocycles. The van der Waals surface area contributed by atoms with Crippen molar-refractivity contribution >= 4 is 39.8 Å². The number of aromatic nitrogens is 5. The maximum absolute atomic E-state index is 10.2. The molecule has 0 aliphatic carbocycles. The Hall–Kier alpha value is -2.97. The number of rotatable bonds is 4. The van der Waals surface area contributed by atoms with E-state index in [0.717, 1.165) is 48.0 Å². The van der Waals surface area contributed by atoms with Crippen molar-refractivity contribution in [1.29, 1.82) is 0 Å². The van der Waals surface area contributed by atoms with Gasteiger partial charge in [-0.05, 0) is 50.2 Å². The minimum absolute atomic E-state index is 0.209. The molecule has 5 heterocycles. The van der Waals surface area contributed by atoms with E-state index < -0.39 is 0 Å². The molecule has 0 amide bonds. The Balaban J connectivity index is 1.50. The Morgan fingerprint density at radius 3 is 2.62 bits per heavy atom. The molecule has 0 radical (unpaired) electrons. The van der Waals surface area contributed by atoms with E-state index in [4.69, 9.17) is 28.2 Å². The van der Waals surface area contributed by atoms with Gasteiger partial charge in [-0.1, -0.05) is 29.3 Å². The topological polar surface area (TPSA) is 80.3 Å². The number of halogens is 2. The fraction of sp³-hybridized carbons (Fsp3) is 0.240. The van der Waals surface area contributed by atoms with Crippen LogP contribution in [-0.2, 0) is 6.61 Å². The highest BCUT2D eigenvalue weighted by Crippen LogP contribution is 2.37. The molecule has 7 nitrogen and oxygen atoms in total. The van der Waals surface area contributed by atoms with Crippen molar-refractivity contribution in [3.63, 3.8) is 0 Å². The SMILES string of the molecule is OCc1c(-c2c(Cl)cccc2Cl)nc2c3cc(-c4cnn(C5CCNCC5)c4)cnc3ccn12. The number of nitrogens with one attached hydrogen (secondary N) is 1. The minimum atomic E-state index is -0.209. The van der Waals surface area contributed by atoms with Crippen molar-refractivity contribution in [1.82, 2.24) is 29.5 Å². The summed E-state index contributed by atoms with van der Waals surface area (Å²) in [6.07, 6.45) is 9.87. The average molecular weight is 493 g/mol. The standard InChI is InChI=1S/C25H22Cl2N6O/c26-19-2-1-3-20(27)23(19)24-22(14-34)32-9-6-21-18(25(32)31-24)10-15(11-29-21)16-12-30-33(13-16)17-4-7-28-8-5-17/h1-3,6,9-13,17,28,34H,4-5,7-8,14H2. The van der Waals surface area contributed by atoms with Crippen LogP contribution in [0.1, 0.15) is 24.6 Å². The maximum Gasteiger partial charge on any atom is 0.147 e. The van der Waals surface area contributed by atoms with Gasteiger partial charge < -0.3 is 14.8 Å². The molecule has 4 aromatic heterocycles. The number of benzene rings is 1. The molecule has 0 bridgehead atoms. The summed E-state index contributed by atoms with van der Waals surface area (Å²) < 4.78 is 3.94. The number of nitrogens with zero attached hydrogens (tertiary/aromatic N) is 5. The third-order valence-electron chi connectivity index (χ3n) is 6.52. The van der Waals surface area contributed by atoms with Crippen LogP contribution >= 0.6 is 23.2 Å². The van der Waals surface area contributed by atoms with Crippen LogP contribution in [-0.4, -0.2) is 42.3 Å². The van der Waals surface area contributed by atoms with E-state index in [2.05, 4.69) is 32.3 Å². The van der Waals surface area contributed by atoms with E-state index in [0.29, 0.717) is 38.7 Å².